The van der Waals surface area contributed by atoms with E-state index in [-0.39, 0.29) is 12.6 Å². The van der Waals surface area contributed by atoms with Gasteiger partial charge < -0.3 is 15.2 Å². The van der Waals surface area contributed by atoms with E-state index in [1.54, 1.807) is 35.6 Å². The van der Waals surface area contributed by atoms with Crippen LogP contribution in [0.4, 0.5) is 0 Å². The van der Waals surface area contributed by atoms with Crippen LogP contribution in [-0.4, -0.2) is 24.4 Å². The largest absolute Gasteiger partial charge is 0.489 e. The maximum absolute atomic E-state index is 9.95. The summed E-state index contributed by atoms with van der Waals surface area (Å²) in [5, 5.41) is 24.2. The summed E-state index contributed by atoms with van der Waals surface area (Å²) in [6, 6.07) is 13.4. The van der Waals surface area contributed by atoms with Gasteiger partial charge in [-0.1, -0.05) is 18.2 Å². The number of aliphatic hydroxyl groups excluding tert-OH is 1. The molecule has 0 saturated heterocycles. The van der Waals surface area contributed by atoms with Crippen molar-refractivity contribution in [2.24, 2.45) is 0 Å². The Bertz CT molecular complexity index is 593. The standard InChI is InChI=1S/C16H18N2O2S/c1-12(16-7-4-8-21-16)18-10-14(19)11-20-15-6-3-2-5-13(15)9-17/h2-8,12,14,18-19H,10-11H2,1H3/t12-,14?/m1/s1. The van der Waals surface area contributed by atoms with Crippen molar-refractivity contribution in [3.63, 3.8) is 0 Å². The number of benzene rings is 1. The van der Waals surface area contributed by atoms with Crippen molar-refractivity contribution in [2.45, 2.75) is 19.1 Å². The van der Waals surface area contributed by atoms with E-state index in [1.165, 1.54) is 4.88 Å². The van der Waals surface area contributed by atoms with E-state index < -0.39 is 6.10 Å². The molecule has 0 bridgehead atoms. The summed E-state index contributed by atoms with van der Waals surface area (Å²) in [5.74, 6) is 0.505. The van der Waals surface area contributed by atoms with Gasteiger partial charge in [0.15, 0.2) is 0 Å². The first-order chi connectivity index (χ1) is 10.2. The van der Waals surface area contributed by atoms with Gasteiger partial charge in [-0.15, -0.1) is 11.3 Å². The van der Waals surface area contributed by atoms with Gasteiger partial charge in [-0.3, -0.25) is 0 Å². The van der Waals surface area contributed by atoms with Crippen LogP contribution >= 0.6 is 11.3 Å². The minimum absolute atomic E-state index is 0.156. The third kappa shape index (κ3) is 4.57. The van der Waals surface area contributed by atoms with Gasteiger partial charge >= 0.3 is 0 Å². The quantitative estimate of drug-likeness (QED) is 0.825. The van der Waals surface area contributed by atoms with E-state index in [4.69, 9.17) is 10.00 Å². The minimum atomic E-state index is -0.626. The molecule has 2 N–H and O–H groups in total. The number of thiophene rings is 1. The van der Waals surface area contributed by atoms with E-state index in [0.717, 1.165) is 0 Å². The molecule has 1 heterocycles. The number of para-hydroxylation sites is 1. The predicted molar refractivity (Wildman–Crippen MR) is 83.4 cm³/mol. The molecular weight excluding hydrogens is 284 g/mol. The smallest absolute Gasteiger partial charge is 0.137 e. The predicted octanol–water partition coefficient (Wildman–Crippen LogP) is 2.71. The van der Waals surface area contributed by atoms with Crippen molar-refractivity contribution in [2.75, 3.05) is 13.2 Å². The van der Waals surface area contributed by atoms with E-state index >= 15 is 0 Å². The first kappa shape index (κ1) is 15.5. The summed E-state index contributed by atoms with van der Waals surface area (Å²) >= 11 is 1.69. The molecule has 4 nitrogen and oxygen atoms in total. The second-order valence-corrected chi connectivity index (χ2v) is 5.70. The molecule has 0 aliphatic heterocycles. The van der Waals surface area contributed by atoms with Gasteiger partial charge in [-0.25, -0.2) is 0 Å². The number of aliphatic hydroxyl groups is 1. The molecule has 2 atom stereocenters. The molecule has 0 spiro atoms. The summed E-state index contributed by atoms with van der Waals surface area (Å²) < 4.78 is 5.50. The maximum atomic E-state index is 9.95. The lowest BCUT2D eigenvalue weighted by Crippen LogP contribution is -2.32. The lowest BCUT2D eigenvalue weighted by Gasteiger charge is -2.17. The second kappa shape index (κ2) is 7.79. The first-order valence-electron chi connectivity index (χ1n) is 6.77. The van der Waals surface area contributed by atoms with Crippen LogP contribution in [0.3, 0.4) is 0 Å². The fourth-order valence-corrected chi connectivity index (χ4v) is 2.64. The number of hydrogen-bond donors (Lipinski definition) is 2. The molecule has 21 heavy (non-hydrogen) atoms. The number of rotatable bonds is 7. The van der Waals surface area contributed by atoms with Crippen LogP contribution in [0, 0.1) is 11.3 Å². The number of hydrogen-bond acceptors (Lipinski definition) is 5. The van der Waals surface area contributed by atoms with Crippen molar-refractivity contribution in [1.82, 2.24) is 5.32 Å². The summed E-state index contributed by atoms with van der Waals surface area (Å²) in [7, 11) is 0. The van der Waals surface area contributed by atoms with Crippen molar-refractivity contribution in [1.29, 1.82) is 5.26 Å². The molecule has 0 radical (unpaired) electrons. The van der Waals surface area contributed by atoms with Gasteiger partial charge in [0.2, 0.25) is 0 Å². The summed E-state index contributed by atoms with van der Waals surface area (Å²) in [6.07, 6.45) is -0.626. The molecule has 110 valence electrons. The highest BCUT2D eigenvalue weighted by Gasteiger charge is 2.11. The number of nitriles is 1. The Morgan fingerprint density at radius 1 is 1.33 bits per heavy atom. The van der Waals surface area contributed by atoms with Crippen LogP contribution in [0.1, 0.15) is 23.4 Å². The Morgan fingerprint density at radius 3 is 2.86 bits per heavy atom. The van der Waals surface area contributed by atoms with Gasteiger partial charge in [-0.05, 0) is 30.5 Å². The Kier molecular flexibility index (Phi) is 5.76. The fraction of sp³-hybridized carbons (Fsp3) is 0.312. The average molecular weight is 302 g/mol. The fourth-order valence-electron chi connectivity index (χ4n) is 1.88. The zero-order valence-corrected chi connectivity index (χ0v) is 12.6. The Labute approximate surface area is 128 Å². The lowest BCUT2D eigenvalue weighted by molar-refractivity contribution is 0.104. The number of nitrogens with zero attached hydrogens (tertiary/aromatic N) is 1. The van der Waals surface area contributed by atoms with E-state index in [9.17, 15) is 5.11 Å². The zero-order chi connectivity index (χ0) is 15.1. The second-order valence-electron chi connectivity index (χ2n) is 4.72. The summed E-state index contributed by atoms with van der Waals surface area (Å²) in [6.45, 7) is 2.65. The monoisotopic (exact) mass is 302 g/mol. The SMILES string of the molecule is C[C@@H](NCC(O)COc1ccccc1C#N)c1cccs1. The molecule has 0 amide bonds. The number of nitrogens with one attached hydrogen (secondary N) is 1. The van der Waals surface area contributed by atoms with E-state index in [0.29, 0.717) is 17.9 Å². The van der Waals surface area contributed by atoms with Crippen molar-refractivity contribution in [3.05, 3.63) is 52.2 Å². The average Bonchev–Trinajstić information content (AvgIpc) is 3.05. The summed E-state index contributed by atoms with van der Waals surface area (Å²) in [5.41, 5.74) is 0.476. The highest BCUT2D eigenvalue weighted by molar-refractivity contribution is 7.10. The van der Waals surface area contributed by atoms with Gasteiger partial charge in [0, 0.05) is 17.5 Å². The van der Waals surface area contributed by atoms with E-state index in [2.05, 4.69) is 24.4 Å². The van der Waals surface area contributed by atoms with Crippen LogP contribution in [0.2, 0.25) is 0 Å². The first-order valence-corrected chi connectivity index (χ1v) is 7.65. The molecule has 5 heteroatoms. The van der Waals surface area contributed by atoms with E-state index in [1.807, 2.05) is 11.4 Å². The van der Waals surface area contributed by atoms with Crippen molar-refractivity contribution in [3.8, 4) is 11.8 Å². The highest BCUT2D eigenvalue weighted by atomic mass is 32.1. The molecule has 0 fully saturated rings. The Hall–Kier alpha value is -1.87. The summed E-state index contributed by atoms with van der Waals surface area (Å²) in [4.78, 5) is 1.23. The maximum Gasteiger partial charge on any atom is 0.137 e. The topological polar surface area (TPSA) is 65.3 Å². The molecule has 2 aromatic rings. The third-order valence-electron chi connectivity index (χ3n) is 3.07. The molecule has 1 aromatic heterocycles. The molecule has 1 aromatic carbocycles. The van der Waals surface area contributed by atoms with Crippen LogP contribution < -0.4 is 10.1 Å². The Balaban J connectivity index is 1.77. The van der Waals surface area contributed by atoms with Gasteiger partial charge in [0.25, 0.3) is 0 Å². The molecular formula is C16H18N2O2S. The molecule has 0 aliphatic carbocycles. The zero-order valence-electron chi connectivity index (χ0n) is 11.8. The van der Waals surface area contributed by atoms with Gasteiger partial charge in [0.05, 0.1) is 5.56 Å². The van der Waals surface area contributed by atoms with Gasteiger partial charge in [-0.2, -0.15) is 5.26 Å². The van der Waals surface area contributed by atoms with Gasteiger partial charge in [0.1, 0.15) is 24.5 Å². The van der Waals surface area contributed by atoms with Crippen LogP contribution in [-0.2, 0) is 0 Å². The molecule has 1 unspecified atom stereocenters. The molecule has 0 aliphatic rings. The van der Waals surface area contributed by atoms with Crippen LogP contribution in [0.5, 0.6) is 5.75 Å². The normalized spacial score (nSPS) is 13.4. The third-order valence-corrected chi connectivity index (χ3v) is 4.12. The Morgan fingerprint density at radius 2 is 2.14 bits per heavy atom. The molecule has 2 rings (SSSR count). The van der Waals surface area contributed by atoms with Crippen LogP contribution in [0.25, 0.3) is 0 Å². The van der Waals surface area contributed by atoms with Crippen molar-refractivity contribution < 1.29 is 9.84 Å². The lowest BCUT2D eigenvalue weighted by atomic mass is 10.2. The van der Waals surface area contributed by atoms with Crippen LogP contribution in [0.15, 0.2) is 41.8 Å². The van der Waals surface area contributed by atoms with Crippen molar-refractivity contribution >= 4 is 11.3 Å². The minimum Gasteiger partial charge on any atom is -0.489 e. The highest BCUT2D eigenvalue weighted by Crippen LogP contribution is 2.18. The number of ether oxygens (including phenoxy) is 1. The molecule has 0 saturated carbocycles.